The van der Waals surface area contributed by atoms with Crippen molar-refractivity contribution in [2.24, 2.45) is 0 Å². The first-order valence-corrected chi connectivity index (χ1v) is 12.9. The molecule has 9 heteroatoms. The van der Waals surface area contributed by atoms with Crippen LogP contribution in [0.25, 0.3) is 22.3 Å². The highest BCUT2D eigenvalue weighted by atomic mass is 16.5. The van der Waals surface area contributed by atoms with Crippen molar-refractivity contribution in [2.45, 2.75) is 43.4 Å². The minimum Gasteiger partial charge on any atom is -0.377 e. The van der Waals surface area contributed by atoms with E-state index in [2.05, 4.69) is 21.2 Å². The van der Waals surface area contributed by atoms with Crippen LogP contribution in [0.15, 0.2) is 36.4 Å². The van der Waals surface area contributed by atoms with Gasteiger partial charge in [0.2, 0.25) is 5.95 Å². The molecule has 3 saturated heterocycles. The molecule has 1 saturated carbocycles. The zero-order valence-corrected chi connectivity index (χ0v) is 20.4. The molecule has 36 heavy (non-hydrogen) atoms. The summed E-state index contributed by atoms with van der Waals surface area (Å²) in [5.74, 6) is 1.57. The van der Waals surface area contributed by atoms with Crippen LogP contribution in [0.1, 0.15) is 36.0 Å². The van der Waals surface area contributed by atoms with E-state index in [9.17, 15) is 4.79 Å². The molecule has 4 aliphatic rings. The van der Waals surface area contributed by atoms with Gasteiger partial charge in [0.05, 0.1) is 48.6 Å². The van der Waals surface area contributed by atoms with Crippen molar-refractivity contribution < 1.29 is 14.3 Å². The quantitative estimate of drug-likeness (QED) is 0.602. The molecule has 2 unspecified atom stereocenters. The lowest BCUT2D eigenvalue weighted by atomic mass is 10.1. The van der Waals surface area contributed by atoms with Crippen LogP contribution in [-0.2, 0) is 9.47 Å². The normalized spacial score (nSPS) is 24.4. The van der Waals surface area contributed by atoms with E-state index in [4.69, 9.17) is 24.4 Å². The Kier molecular flexibility index (Phi) is 5.11. The summed E-state index contributed by atoms with van der Waals surface area (Å²) in [6, 6.07) is 12.3. The number of benzene rings is 1. The molecule has 9 nitrogen and oxygen atoms in total. The Balaban J connectivity index is 1.34. The average Bonchev–Trinajstić information content (AvgIpc) is 3.62. The van der Waals surface area contributed by atoms with Gasteiger partial charge < -0.3 is 24.6 Å². The molecule has 1 aromatic carbocycles. The van der Waals surface area contributed by atoms with E-state index >= 15 is 0 Å². The number of fused-ring (bicyclic) bond motifs is 3. The number of ether oxygens (including phenoxy) is 2. The fraction of sp³-hybridized carbons (Fsp3) is 0.481. The lowest BCUT2D eigenvalue weighted by Crippen LogP contribution is -2.47. The molecule has 5 heterocycles. The highest BCUT2D eigenvalue weighted by molar-refractivity contribution is 5.95. The minimum absolute atomic E-state index is 0.0235. The molecule has 1 aliphatic carbocycles. The van der Waals surface area contributed by atoms with Crippen molar-refractivity contribution in [3.05, 3.63) is 42.0 Å². The molecule has 7 rings (SSSR count). The minimum atomic E-state index is -0.117. The Morgan fingerprint density at radius 2 is 1.92 bits per heavy atom. The Hall–Kier alpha value is -3.30. The Labute approximate surface area is 209 Å². The van der Waals surface area contributed by atoms with Gasteiger partial charge >= 0.3 is 0 Å². The van der Waals surface area contributed by atoms with Crippen LogP contribution < -0.4 is 15.1 Å². The lowest BCUT2D eigenvalue weighted by Gasteiger charge is -2.37. The maximum atomic E-state index is 12.2. The highest BCUT2D eigenvalue weighted by Gasteiger charge is 2.48. The number of aromatic nitrogens is 3. The fourth-order valence-electron chi connectivity index (χ4n) is 5.88. The maximum Gasteiger partial charge on any atom is 0.251 e. The Morgan fingerprint density at radius 3 is 2.69 bits per heavy atom. The van der Waals surface area contributed by atoms with E-state index in [-0.39, 0.29) is 11.5 Å². The van der Waals surface area contributed by atoms with Crippen LogP contribution in [-0.4, -0.2) is 78.5 Å². The molecule has 1 amide bonds. The molecule has 0 radical (unpaired) electrons. The zero-order chi connectivity index (χ0) is 24.3. The van der Waals surface area contributed by atoms with E-state index in [1.165, 1.54) is 0 Å². The highest BCUT2D eigenvalue weighted by Crippen LogP contribution is 2.43. The summed E-state index contributed by atoms with van der Waals surface area (Å²) in [4.78, 5) is 32.1. The van der Waals surface area contributed by atoms with Crippen LogP contribution in [0.5, 0.6) is 0 Å². The summed E-state index contributed by atoms with van der Waals surface area (Å²) in [5, 5.41) is 3.65. The van der Waals surface area contributed by atoms with Crippen LogP contribution in [0, 0.1) is 0 Å². The predicted octanol–water partition coefficient (Wildman–Crippen LogP) is 2.79. The van der Waals surface area contributed by atoms with Gasteiger partial charge in [-0.15, -0.1) is 0 Å². The second kappa shape index (κ2) is 8.38. The van der Waals surface area contributed by atoms with Gasteiger partial charge in [-0.1, -0.05) is 12.1 Å². The smallest absolute Gasteiger partial charge is 0.251 e. The molecule has 3 aromatic rings. The number of anilines is 2. The summed E-state index contributed by atoms with van der Waals surface area (Å²) in [5.41, 5.74) is 2.93. The molecule has 2 atom stereocenters. The first-order chi connectivity index (χ1) is 17.6. The summed E-state index contributed by atoms with van der Waals surface area (Å²) >= 11 is 0. The lowest BCUT2D eigenvalue weighted by molar-refractivity contribution is 0.0201. The molecule has 2 aromatic heterocycles. The van der Waals surface area contributed by atoms with Crippen LogP contribution in [0.2, 0.25) is 0 Å². The third-order valence-corrected chi connectivity index (χ3v) is 8.00. The van der Waals surface area contributed by atoms with Gasteiger partial charge in [0, 0.05) is 31.3 Å². The van der Waals surface area contributed by atoms with Gasteiger partial charge in [0.15, 0.2) is 5.65 Å². The average molecular weight is 487 g/mol. The van der Waals surface area contributed by atoms with Gasteiger partial charge in [0.25, 0.3) is 5.91 Å². The van der Waals surface area contributed by atoms with Crippen LogP contribution in [0.3, 0.4) is 0 Å². The second-order valence-corrected chi connectivity index (χ2v) is 10.4. The largest absolute Gasteiger partial charge is 0.377 e. The number of carbonyl (C=O) groups excluding carboxylic acids is 1. The second-order valence-electron chi connectivity index (χ2n) is 10.4. The molecule has 2 bridgehead atoms. The number of nitrogens with one attached hydrogen (secondary N) is 1. The molecule has 186 valence electrons. The van der Waals surface area contributed by atoms with Gasteiger partial charge in [-0.3, -0.25) is 4.79 Å². The number of nitrogens with zero attached hydrogens (tertiary/aromatic N) is 5. The van der Waals surface area contributed by atoms with Crippen LogP contribution >= 0.6 is 0 Å². The molecule has 1 spiro atoms. The number of carbonyl (C=O) groups is 1. The van der Waals surface area contributed by atoms with Gasteiger partial charge in [-0.2, -0.15) is 9.97 Å². The van der Waals surface area contributed by atoms with E-state index in [1.54, 1.807) is 7.05 Å². The number of rotatable bonds is 4. The molecule has 1 N–H and O–H groups in total. The van der Waals surface area contributed by atoms with Crippen LogP contribution in [0.4, 0.5) is 11.8 Å². The first-order valence-electron chi connectivity index (χ1n) is 12.9. The van der Waals surface area contributed by atoms with E-state index in [1.807, 2.05) is 30.3 Å². The number of morpholine rings is 2. The van der Waals surface area contributed by atoms with Crippen molar-refractivity contribution in [1.29, 1.82) is 0 Å². The third kappa shape index (κ3) is 3.69. The number of hydrogen-bond acceptors (Lipinski definition) is 8. The third-order valence-electron chi connectivity index (χ3n) is 8.00. The molecule has 4 fully saturated rings. The Morgan fingerprint density at radius 1 is 1.08 bits per heavy atom. The SMILES string of the molecule is CNC(=O)c1cccc(-c2ccc3c(N4C5CCC4COC5)nc(N4CCOC5(CC5)C4)nc3n2)c1. The maximum absolute atomic E-state index is 12.2. The van der Waals surface area contributed by atoms with E-state index in [0.29, 0.717) is 29.9 Å². The standard InChI is InChI=1S/C27H30N6O3/c1-28-25(34)18-4-2-3-17(13-18)22-8-7-21-23(29-22)30-26(32-11-12-36-27(16-32)9-10-27)31-24(21)33-19-5-6-20(33)15-35-14-19/h2-4,7-8,13,19-20H,5-6,9-12,14-16H2,1H3,(H,28,34). The van der Waals surface area contributed by atoms with E-state index < -0.39 is 0 Å². The van der Waals surface area contributed by atoms with Gasteiger partial charge in [-0.05, 0) is 49.9 Å². The summed E-state index contributed by atoms with van der Waals surface area (Å²) in [7, 11) is 1.64. The van der Waals surface area contributed by atoms with Gasteiger partial charge in [0.1, 0.15) is 5.82 Å². The van der Waals surface area contributed by atoms with Gasteiger partial charge in [-0.25, -0.2) is 4.98 Å². The predicted molar refractivity (Wildman–Crippen MR) is 136 cm³/mol. The van der Waals surface area contributed by atoms with Crippen molar-refractivity contribution in [1.82, 2.24) is 20.3 Å². The zero-order valence-electron chi connectivity index (χ0n) is 20.4. The first kappa shape index (κ1) is 21.9. The van der Waals surface area contributed by atoms with Crippen molar-refractivity contribution in [2.75, 3.05) is 49.8 Å². The monoisotopic (exact) mass is 486 g/mol. The molecular weight excluding hydrogens is 456 g/mol. The number of pyridine rings is 1. The summed E-state index contributed by atoms with van der Waals surface area (Å²) in [6.07, 6.45) is 4.43. The Bertz CT molecular complexity index is 1330. The number of hydrogen-bond donors (Lipinski definition) is 1. The molecule has 3 aliphatic heterocycles. The van der Waals surface area contributed by atoms with E-state index in [0.717, 1.165) is 80.4 Å². The van der Waals surface area contributed by atoms with Crippen molar-refractivity contribution in [3.8, 4) is 11.3 Å². The topological polar surface area (TPSA) is 92.7 Å². The summed E-state index contributed by atoms with van der Waals surface area (Å²) in [6.45, 7) is 3.75. The summed E-state index contributed by atoms with van der Waals surface area (Å²) < 4.78 is 11.9. The van der Waals surface area contributed by atoms with Crippen molar-refractivity contribution >= 4 is 28.7 Å². The fourth-order valence-corrected chi connectivity index (χ4v) is 5.88. The number of amides is 1. The molecular formula is C27H30N6O3. The van der Waals surface area contributed by atoms with Crippen molar-refractivity contribution in [3.63, 3.8) is 0 Å².